The number of rotatable bonds is 4. The van der Waals surface area contributed by atoms with Crippen molar-refractivity contribution < 1.29 is 13.9 Å². The SMILES string of the molecule is Oc1c(Cc2ccc(F)c(F)c2)c(C2CCNCC2)nn1-c1nc2ccccc2[nH]1. The first-order valence-electron chi connectivity index (χ1n) is 10.0. The first-order valence-corrected chi connectivity index (χ1v) is 10.0. The van der Waals surface area contributed by atoms with Crippen LogP contribution >= 0.6 is 0 Å². The van der Waals surface area contributed by atoms with Crippen LogP contribution in [0.2, 0.25) is 0 Å². The highest BCUT2D eigenvalue weighted by Crippen LogP contribution is 2.35. The van der Waals surface area contributed by atoms with Gasteiger partial charge in [0.15, 0.2) is 11.6 Å². The quantitative estimate of drug-likeness (QED) is 0.479. The third-order valence-corrected chi connectivity index (χ3v) is 5.66. The van der Waals surface area contributed by atoms with Crippen LogP contribution in [-0.2, 0) is 6.42 Å². The molecule has 1 fully saturated rings. The zero-order valence-corrected chi connectivity index (χ0v) is 16.2. The van der Waals surface area contributed by atoms with Gasteiger partial charge in [0.1, 0.15) is 0 Å². The largest absolute Gasteiger partial charge is 0.493 e. The number of piperidine rings is 1. The second-order valence-corrected chi connectivity index (χ2v) is 7.63. The molecule has 3 heterocycles. The Labute approximate surface area is 171 Å². The molecular weight excluding hydrogens is 388 g/mol. The number of halogens is 2. The Kier molecular flexibility index (Phi) is 4.71. The maximum absolute atomic E-state index is 13.7. The fraction of sp³-hybridized carbons (Fsp3) is 0.273. The molecule has 1 aliphatic heterocycles. The van der Waals surface area contributed by atoms with Crippen LogP contribution < -0.4 is 5.32 Å². The summed E-state index contributed by atoms with van der Waals surface area (Å²) < 4.78 is 28.5. The highest BCUT2D eigenvalue weighted by Gasteiger charge is 2.27. The third kappa shape index (κ3) is 3.33. The van der Waals surface area contributed by atoms with E-state index in [0.717, 1.165) is 48.7 Å². The lowest BCUT2D eigenvalue weighted by Gasteiger charge is -2.21. The highest BCUT2D eigenvalue weighted by atomic mass is 19.2. The van der Waals surface area contributed by atoms with Crippen molar-refractivity contribution in [2.45, 2.75) is 25.2 Å². The van der Waals surface area contributed by atoms with Gasteiger partial charge < -0.3 is 15.4 Å². The standard InChI is InChI=1S/C22H21F2N5O/c23-16-6-5-13(12-17(16)24)11-15-20(14-7-9-25-10-8-14)28-29(21(15)30)22-26-18-3-1-2-4-19(18)27-22/h1-6,12,14,25,30H,7-11H2,(H,26,27). The number of hydrogen-bond donors (Lipinski definition) is 3. The summed E-state index contributed by atoms with van der Waals surface area (Å²) >= 11 is 0. The van der Waals surface area contributed by atoms with E-state index < -0.39 is 11.6 Å². The van der Waals surface area contributed by atoms with Gasteiger partial charge in [-0.05, 0) is 55.8 Å². The Bertz CT molecular complexity index is 1180. The first-order chi connectivity index (χ1) is 14.6. The number of aromatic nitrogens is 4. The molecule has 0 bridgehead atoms. The molecule has 3 N–H and O–H groups in total. The van der Waals surface area contributed by atoms with Gasteiger partial charge in [0.25, 0.3) is 0 Å². The number of aromatic hydroxyl groups is 1. The van der Waals surface area contributed by atoms with Crippen LogP contribution in [0.1, 0.15) is 35.6 Å². The molecule has 0 radical (unpaired) electrons. The normalized spacial score (nSPS) is 15.1. The number of benzene rings is 2. The minimum atomic E-state index is -0.903. The second-order valence-electron chi connectivity index (χ2n) is 7.63. The second kappa shape index (κ2) is 7.53. The van der Waals surface area contributed by atoms with E-state index in [2.05, 4.69) is 15.3 Å². The van der Waals surface area contributed by atoms with E-state index in [1.807, 2.05) is 24.3 Å². The van der Waals surface area contributed by atoms with Gasteiger partial charge in [0, 0.05) is 17.9 Å². The summed E-state index contributed by atoms with van der Waals surface area (Å²) in [7, 11) is 0. The summed E-state index contributed by atoms with van der Waals surface area (Å²) in [6.07, 6.45) is 2.03. The van der Waals surface area contributed by atoms with Crippen molar-refractivity contribution in [3.63, 3.8) is 0 Å². The maximum atomic E-state index is 13.7. The summed E-state index contributed by atoms with van der Waals surface area (Å²) in [6, 6.07) is 11.4. The molecule has 0 aliphatic carbocycles. The number of para-hydroxylation sites is 2. The van der Waals surface area contributed by atoms with Crippen molar-refractivity contribution in [1.82, 2.24) is 25.1 Å². The van der Waals surface area contributed by atoms with E-state index in [9.17, 15) is 13.9 Å². The molecule has 30 heavy (non-hydrogen) atoms. The van der Waals surface area contributed by atoms with Crippen molar-refractivity contribution >= 4 is 11.0 Å². The zero-order valence-electron chi connectivity index (χ0n) is 16.2. The van der Waals surface area contributed by atoms with Gasteiger partial charge >= 0.3 is 0 Å². The van der Waals surface area contributed by atoms with E-state index in [4.69, 9.17) is 5.10 Å². The molecule has 0 atom stereocenters. The van der Waals surface area contributed by atoms with Gasteiger partial charge in [-0.1, -0.05) is 18.2 Å². The third-order valence-electron chi connectivity index (χ3n) is 5.66. The summed E-state index contributed by atoms with van der Waals surface area (Å²) in [5, 5.41) is 19.1. The average molecular weight is 409 g/mol. The number of hydrogen-bond acceptors (Lipinski definition) is 4. The Balaban J connectivity index is 1.60. The number of nitrogens with zero attached hydrogens (tertiary/aromatic N) is 3. The van der Waals surface area contributed by atoms with Crippen LogP contribution in [0.4, 0.5) is 8.78 Å². The van der Waals surface area contributed by atoms with Crippen LogP contribution in [0.5, 0.6) is 5.88 Å². The molecule has 1 saturated heterocycles. The van der Waals surface area contributed by atoms with Crippen molar-refractivity contribution in [2.24, 2.45) is 0 Å². The van der Waals surface area contributed by atoms with E-state index in [-0.39, 0.29) is 18.2 Å². The predicted molar refractivity (Wildman–Crippen MR) is 109 cm³/mol. The summed E-state index contributed by atoms with van der Waals surface area (Å²) in [5.74, 6) is -1.24. The first kappa shape index (κ1) is 18.7. The molecule has 2 aromatic heterocycles. The molecular formula is C22H21F2N5O. The number of H-pyrrole nitrogens is 1. The molecule has 0 unspecified atom stereocenters. The number of fused-ring (bicyclic) bond motifs is 1. The highest BCUT2D eigenvalue weighted by molar-refractivity contribution is 5.76. The van der Waals surface area contributed by atoms with Crippen molar-refractivity contribution in [3.05, 3.63) is 70.9 Å². The van der Waals surface area contributed by atoms with Crippen molar-refractivity contribution in [3.8, 4) is 11.8 Å². The Morgan fingerprint density at radius 3 is 2.63 bits per heavy atom. The van der Waals surface area contributed by atoms with Crippen LogP contribution in [0, 0.1) is 11.6 Å². The molecule has 0 spiro atoms. The Morgan fingerprint density at radius 2 is 1.87 bits per heavy atom. The van der Waals surface area contributed by atoms with Crippen LogP contribution in [0.3, 0.4) is 0 Å². The predicted octanol–water partition coefficient (Wildman–Crippen LogP) is 3.79. The molecule has 8 heteroatoms. The van der Waals surface area contributed by atoms with Crippen molar-refractivity contribution in [1.29, 1.82) is 0 Å². The molecule has 154 valence electrons. The van der Waals surface area contributed by atoms with Gasteiger partial charge in [0.05, 0.1) is 16.7 Å². The van der Waals surface area contributed by atoms with Gasteiger partial charge in [-0.25, -0.2) is 13.8 Å². The number of nitrogens with one attached hydrogen (secondary N) is 2. The average Bonchev–Trinajstić information content (AvgIpc) is 3.33. The maximum Gasteiger partial charge on any atom is 0.232 e. The smallest absolute Gasteiger partial charge is 0.232 e. The molecule has 1 aliphatic rings. The lowest BCUT2D eigenvalue weighted by Crippen LogP contribution is -2.27. The topological polar surface area (TPSA) is 78.8 Å². The molecule has 0 amide bonds. The van der Waals surface area contributed by atoms with E-state index in [1.54, 1.807) is 0 Å². The summed E-state index contributed by atoms with van der Waals surface area (Å²) in [4.78, 5) is 7.72. The van der Waals surface area contributed by atoms with Gasteiger partial charge in [-0.3, -0.25) is 0 Å². The molecule has 5 rings (SSSR count). The minimum Gasteiger partial charge on any atom is -0.493 e. The van der Waals surface area contributed by atoms with Crippen LogP contribution in [0.15, 0.2) is 42.5 Å². The Hall–Kier alpha value is -3.26. The van der Waals surface area contributed by atoms with E-state index in [1.165, 1.54) is 16.8 Å². The van der Waals surface area contributed by atoms with Crippen molar-refractivity contribution in [2.75, 3.05) is 13.1 Å². The van der Waals surface area contributed by atoms with Gasteiger partial charge in [0.2, 0.25) is 11.8 Å². The Morgan fingerprint density at radius 1 is 1.07 bits per heavy atom. The number of aromatic amines is 1. The summed E-state index contributed by atoms with van der Waals surface area (Å²) in [5.41, 5.74) is 3.58. The van der Waals surface area contributed by atoms with Gasteiger partial charge in [-0.15, -0.1) is 0 Å². The monoisotopic (exact) mass is 409 g/mol. The minimum absolute atomic E-state index is 0.0349. The molecule has 2 aromatic carbocycles. The molecule has 4 aromatic rings. The molecule has 0 saturated carbocycles. The van der Waals surface area contributed by atoms with Crippen LogP contribution in [-0.4, -0.2) is 37.9 Å². The lowest BCUT2D eigenvalue weighted by molar-refractivity contribution is 0.426. The molecule has 6 nitrogen and oxygen atoms in total. The number of imidazole rings is 1. The lowest BCUT2D eigenvalue weighted by atomic mass is 9.90. The zero-order chi connectivity index (χ0) is 20.7. The van der Waals surface area contributed by atoms with E-state index in [0.29, 0.717) is 17.1 Å². The fourth-order valence-electron chi connectivity index (χ4n) is 4.09. The van der Waals surface area contributed by atoms with E-state index >= 15 is 0 Å². The van der Waals surface area contributed by atoms with Crippen LogP contribution in [0.25, 0.3) is 17.0 Å². The fourth-order valence-corrected chi connectivity index (χ4v) is 4.09. The van der Waals surface area contributed by atoms with Gasteiger partial charge in [-0.2, -0.15) is 9.78 Å². The summed E-state index contributed by atoms with van der Waals surface area (Å²) in [6.45, 7) is 1.74.